The molecule has 0 saturated carbocycles. The monoisotopic (exact) mass is 1590 g/mol. The Morgan fingerprint density at radius 1 is 0.211 bits per heavy atom. The van der Waals surface area contributed by atoms with E-state index in [0.717, 1.165) is 107 Å². The summed E-state index contributed by atoms with van der Waals surface area (Å²) in [5.74, 6) is 0. The molecule has 602 valence electrons. The minimum Gasteiger partial charge on any atom is -0.310 e. The third-order valence-electron chi connectivity index (χ3n) is 27.1. The van der Waals surface area contributed by atoms with Gasteiger partial charge in [0.25, 0.3) is 6.71 Å². The van der Waals surface area contributed by atoms with Gasteiger partial charge in [-0.2, -0.15) is 0 Å². The quantitative estimate of drug-likeness (QED) is 0.106. The molecule has 0 radical (unpaired) electrons. The van der Waals surface area contributed by atoms with Crippen LogP contribution in [0, 0.1) is 0 Å². The Bertz CT molecular complexity index is 7280. The zero-order valence-electron chi connectivity index (χ0n) is 74.5. The summed E-state index contributed by atoms with van der Waals surface area (Å²) < 4.78 is 5.17. The van der Waals surface area contributed by atoms with E-state index in [1.807, 2.05) is 0 Å². The van der Waals surface area contributed by atoms with Crippen molar-refractivity contribution in [2.45, 2.75) is 157 Å². The number of aromatic nitrogens is 2. The first kappa shape index (κ1) is 77.4. The highest BCUT2D eigenvalue weighted by atomic mass is 15.2. The Morgan fingerprint density at radius 2 is 0.553 bits per heavy atom. The summed E-state index contributed by atoms with van der Waals surface area (Å²) in [4.78, 5) is 5.55. The molecule has 0 saturated heterocycles. The lowest BCUT2D eigenvalue weighted by molar-refractivity contribution is 0.590. The number of anilines is 6. The van der Waals surface area contributed by atoms with Crippen LogP contribution in [-0.2, 0) is 32.5 Å². The lowest BCUT2D eigenvalue weighted by Gasteiger charge is -2.46. The number of hydrogen-bond donors (Lipinski definition) is 0. The summed E-state index contributed by atoms with van der Waals surface area (Å²) in [5.41, 5.74) is 35.6. The zero-order chi connectivity index (χ0) is 85.0. The summed E-state index contributed by atoms with van der Waals surface area (Å²) in [6, 6.07) is 126. The molecule has 0 unspecified atom stereocenters. The summed E-state index contributed by atoms with van der Waals surface area (Å²) >= 11 is 0. The van der Waals surface area contributed by atoms with Crippen LogP contribution in [-0.4, -0.2) is 15.8 Å². The van der Waals surface area contributed by atoms with Gasteiger partial charge >= 0.3 is 0 Å². The molecule has 0 spiro atoms. The van der Waals surface area contributed by atoms with Gasteiger partial charge in [-0.05, 0) is 251 Å². The Labute approximate surface area is 726 Å². The van der Waals surface area contributed by atoms with Crippen molar-refractivity contribution < 1.29 is 0 Å². The van der Waals surface area contributed by atoms with E-state index in [0.29, 0.717) is 0 Å². The molecular formula is C118H107BN4. The second-order valence-corrected chi connectivity index (χ2v) is 41.4. The molecule has 5 heteroatoms. The van der Waals surface area contributed by atoms with Gasteiger partial charge in [0.2, 0.25) is 0 Å². The Hall–Kier alpha value is -13.0. The van der Waals surface area contributed by atoms with E-state index >= 15 is 0 Å². The van der Waals surface area contributed by atoms with Crippen molar-refractivity contribution in [3.63, 3.8) is 0 Å². The molecule has 0 amide bonds. The lowest BCUT2D eigenvalue weighted by atomic mass is 9.33. The van der Waals surface area contributed by atoms with Crippen molar-refractivity contribution in [1.82, 2.24) is 9.13 Å². The normalized spacial score (nSPS) is 13.4. The number of benzene rings is 17. The standard InChI is InChI=1S/C118H107BN4/c1-113(2,3)80-50-55-102-95(62-80)96-63-81(114(4,5)6)51-56-103(96)120(102)86-52-54-99-105(69-86)123(112-93(74-39-27-21-28-40-74)66-85(118(16,17)18)67-94(112)75-41-29-22-30-42-75)107-71-87(121-100-45-33-31-43-88(100)89-44-32-34-46-101(89)121)70-106-110(107)119(99)98-53-49-76(90-60-79-59-82(115(7,8)9)57-77-47-48-78-58-83(116(10,11)12)68-97(90)109(78)108(77)79)61-104(98)122(106)111-91(72-35-23-19-24-36-72)64-84(117(13,14)15)65-92(111)73-37-25-20-26-38-73/h19-71H,1-18H3. The van der Waals surface area contributed by atoms with Crippen LogP contribution >= 0.6 is 0 Å². The smallest absolute Gasteiger partial charge is 0.252 e. The van der Waals surface area contributed by atoms with Gasteiger partial charge in [0.1, 0.15) is 0 Å². The van der Waals surface area contributed by atoms with E-state index in [9.17, 15) is 0 Å². The van der Waals surface area contributed by atoms with Crippen molar-refractivity contribution in [1.29, 1.82) is 0 Å². The van der Waals surface area contributed by atoms with Gasteiger partial charge in [0.05, 0.1) is 39.1 Å². The first-order valence-corrected chi connectivity index (χ1v) is 44.3. The van der Waals surface area contributed by atoms with E-state index in [2.05, 4.69) is 465 Å². The van der Waals surface area contributed by atoms with Crippen LogP contribution < -0.4 is 26.2 Å². The number of hydrogen-bond acceptors (Lipinski definition) is 2. The molecule has 2 aliphatic rings. The van der Waals surface area contributed by atoms with Crippen molar-refractivity contribution in [2.24, 2.45) is 0 Å². The van der Waals surface area contributed by atoms with Crippen LogP contribution in [0.25, 0.3) is 143 Å². The summed E-state index contributed by atoms with van der Waals surface area (Å²) in [6.07, 6.45) is 0. The fraction of sp³-hybridized carbons (Fsp3) is 0.203. The van der Waals surface area contributed by atoms with Crippen LogP contribution in [0.5, 0.6) is 0 Å². The number of rotatable bonds is 9. The molecular weight excluding hydrogens is 1480 g/mol. The lowest BCUT2D eigenvalue weighted by Crippen LogP contribution is -2.61. The van der Waals surface area contributed by atoms with Gasteiger partial charge in [0.15, 0.2) is 0 Å². The maximum atomic E-state index is 2.78. The summed E-state index contributed by atoms with van der Waals surface area (Å²) in [6.45, 7) is 42.2. The largest absolute Gasteiger partial charge is 0.310 e. The van der Waals surface area contributed by atoms with Gasteiger partial charge in [-0.15, -0.1) is 0 Å². The highest BCUT2D eigenvalue weighted by Crippen LogP contribution is 2.57. The Kier molecular flexibility index (Phi) is 17.5. The van der Waals surface area contributed by atoms with Crippen LogP contribution in [0.4, 0.5) is 34.1 Å². The first-order valence-electron chi connectivity index (χ1n) is 44.3. The molecule has 0 fully saturated rings. The van der Waals surface area contributed by atoms with Crippen LogP contribution in [0.15, 0.2) is 322 Å². The molecule has 2 aliphatic heterocycles. The highest BCUT2D eigenvalue weighted by Gasteiger charge is 2.47. The van der Waals surface area contributed by atoms with Gasteiger partial charge in [-0.3, -0.25) is 0 Å². The summed E-state index contributed by atoms with van der Waals surface area (Å²) in [7, 11) is 0. The molecule has 21 rings (SSSR count). The Balaban J connectivity index is 0.980. The zero-order valence-corrected chi connectivity index (χ0v) is 74.5. The summed E-state index contributed by atoms with van der Waals surface area (Å²) in [5, 5.41) is 12.6. The minimum absolute atomic E-state index is 0.0849. The number of fused-ring (bicyclic) bond motifs is 10. The molecule has 19 aromatic rings. The first-order chi connectivity index (χ1) is 58.8. The van der Waals surface area contributed by atoms with E-state index in [1.54, 1.807) is 0 Å². The van der Waals surface area contributed by atoms with Crippen molar-refractivity contribution >= 4 is 133 Å². The molecule has 0 atom stereocenters. The fourth-order valence-electron chi connectivity index (χ4n) is 20.3. The Morgan fingerprint density at radius 3 is 0.984 bits per heavy atom. The van der Waals surface area contributed by atoms with Gasteiger partial charge in [0, 0.05) is 72.2 Å². The van der Waals surface area contributed by atoms with Crippen LogP contribution in [0.1, 0.15) is 158 Å². The maximum Gasteiger partial charge on any atom is 0.252 e. The van der Waals surface area contributed by atoms with Crippen LogP contribution in [0.3, 0.4) is 0 Å². The second-order valence-electron chi connectivity index (χ2n) is 41.4. The van der Waals surface area contributed by atoms with E-state index < -0.39 is 0 Å². The van der Waals surface area contributed by atoms with Crippen molar-refractivity contribution in [3.8, 4) is 67.0 Å². The van der Waals surface area contributed by atoms with Gasteiger partial charge in [-0.1, -0.05) is 343 Å². The predicted octanol–water partition coefficient (Wildman–Crippen LogP) is 31.0. The predicted molar refractivity (Wildman–Crippen MR) is 532 cm³/mol. The molecule has 0 bridgehead atoms. The van der Waals surface area contributed by atoms with E-state index in [-0.39, 0.29) is 39.2 Å². The average molecular weight is 1590 g/mol. The molecule has 0 aliphatic carbocycles. The van der Waals surface area contributed by atoms with Gasteiger partial charge < -0.3 is 18.9 Å². The number of para-hydroxylation sites is 2. The SMILES string of the molecule is CC(C)(C)c1cc(-c2ccccc2)c(N2c3cc(-c4cc5cc(C(C)(C)C)cc6ccc7cc(C(C)(C)C)cc4c7c65)ccc3B3c4ccc(-n5c6ccc(C(C)(C)C)cc6c6cc(C(C)(C)C)ccc65)cc4N(c4c(-c5ccccc5)cc(C(C)(C)C)cc4-c4ccccc4)c4cc(-n5c6ccccc6c6ccccc65)cc2c43)c(-c2ccccc2)c1. The molecule has 17 aromatic carbocycles. The third-order valence-corrected chi connectivity index (χ3v) is 27.1. The average Bonchev–Trinajstić information content (AvgIpc) is 1.34. The fourth-order valence-corrected chi connectivity index (χ4v) is 20.3. The third kappa shape index (κ3) is 12.7. The molecule has 4 heterocycles. The molecule has 4 nitrogen and oxygen atoms in total. The van der Waals surface area contributed by atoms with Crippen molar-refractivity contribution in [2.75, 3.05) is 9.80 Å². The molecule has 0 N–H and O–H groups in total. The van der Waals surface area contributed by atoms with E-state index in [4.69, 9.17) is 0 Å². The van der Waals surface area contributed by atoms with Gasteiger partial charge in [-0.25, -0.2) is 0 Å². The van der Waals surface area contributed by atoms with Crippen LogP contribution in [0.2, 0.25) is 0 Å². The van der Waals surface area contributed by atoms with E-state index in [1.165, 1.54) is 120 Å². The highest BCUT2D eigenvalue weighted by molar-refractivity contribution is 7.00. The molecule has 2 aromatic heterocycles. The second kappa shape index (κ2) is 27.8. The maximum absolute atomic E-state index is 2.78. The minimum atomic E-state index is -0.326. The molecule has 123 heavy (non-hydrogen) atoms. The topological polar surface area (TPSA) is 16.3 Å². The number of nitrogens with zero attached hydrogens (tertiary/aromatic N) is 4. The van der Waals surface area contributed by atoms with Crippen molar-refractivity contribution in [3.05, 3.63) is 355 Å².